The van der Waals surface area contributed by atoms with Crippen LogP contribution in [0.3, 0.4) is 0 Å². The summed E-state index contributed by atoms with van der Waals surface area (Å²) >= 11 is 0. The molecule has 1 heterocycles. The minimum Gasteiger partial charge on any atom is -0.393 e. The first-order chi connectivity index (χ1) is 7.33. The zero-order valence-electron chi connectivity index (χ0n) is 9.09. The van der Waals surface area contributed by atoms with E-state index in [0.29, 0.717) is 13.2 Å². The lowest BCUT2D eigenvalue weighted by atomic mass is 10.3. The van der Waals surface area contributed by atoms with Crippen molar-refractivity contribution in [1.82, 2.24) is 9.55 Å². The maximum absolute atomic E-state index is 9.18. The molecule has 3 N–H and O–H groups in total. The fourth-order valence-corrected chi connectivity index (χ4v) is 1.47. The molecule has 0 amide bonds. The van der Waals surface area contributed by atoms with Crippen LogP contribution in [0.15, 0.2) is 12.4 Å². The minimum absolute atomic E-state index is 0.0481. The summed E-state index contributed by atoms with van der Waals surface area (Å²) in [5, 5.41) is 9.18. The van der Waals surface area contributed by atoms with Gasteiger partial charge in [-0.2, -0.15) is 0 Å². The first-order valence-corrected chi connectivity index (χ1v) is 5.27. The van der Waals surface area contributed by atoms with E-state index in [9.17, 15) is 5.11 Å². The summed E-state index contributed by atoms with van der Waals surface area (Å²) in [5.41, 5.74) is 5.45. The molecular formula is C10H19N3O2. The van der Waals surface area contributed by atoms with Crippen LogP contribution in [-0.2, 0) is 11.3 Å². The molecule has 0 aliphatic carbocycles. The molecular weight excluding hydrogens is 194 g/mol. The minimum atomic E-state index is -0.331. The van der Waals surface area contributed by atoms with E-state index >= 15 is 0 Å². The van der Waals surface area contributed by atoms with E-state index in [4.69, 9.17) is 10.5 Å². The number of hydrogen-bond acceptors (Lipinski definition) is 4. The van der Waals surface area contributed by atoms with Gasteiger partial charge in [0.05, 0.1) is 6.61 Å². The molecule has 0 radical (unpaired) electrons. The van der Waals surface area contributed by atoms with Gasteiger partial charge in [0.15, 0.2) is 0 Å². The number of nitrogens with two attached hydrogens (primary N) is 1. The van der Waals surface area contributed by atoms with Gasteiger partial charge in [-0.15, -0.1) is 0 Å². The van der Waals surface area contributed by atoms with E-state index < -0.39 is 0 Å². The number of hydrogen-bond donors (Lipinski definition) is 2. The van der Waals surface area contributed by atoms with Crippen LogP contribution >= 0.6 is 0 Å². The Bertz CT molecular complexity index is 275. The molecule has 1 unspecified atom stereocenters. The third-order valence-electron chi connectivity index (χ3n) is 2.17. The van der Waals surface area contributed by atoms with E-state index in [1.54, 1.807) is 6.20 Å². The largest absolute Gasteiger partial charge is 0.393 e. The van der Waals surface area contributed by atoms with Crippen molar-refractivity contribution in [3.63, 3.8) is 0 Å². The van der Waals surface area contributed by atoms with Crippen LogP contribution in [0.2, 0.25) is 0 Å². The monoisotopic (exact) mass is 213 g/mol. The van der Waals surface area contributed by atoms with Gasteiger partial charge < -0.3 is 20.1 Å². The lowest BCUT2D eigenvalue weighted by Crippen LogP contribution is -2.16. The second-order valence-electron chi connectivity index (χ2n) is 3.25. The second kappa shape index (κ2) is 6.55. The van der Waals surface area contributed by atoms with Crippen LogP contribution in [0.5, 0.6) is 0 Å². The molecule has 5 nitrogen and oxygen atoms in total. The molecule has 0 saturated carbocycles. The standard InChI is InChI=1S/C10H19N3O2/c1-2-15-9(8-14)10-12-5-7-13(10)6-3-4-11/h5,7,9,14H,2-4,6,8,11H2,1H3. The Morgan fingerprint density at radius 2 is 2.47 bits per heavy atom. The molecule has 1 aromatic heterocycles. The summed E-state index contributed by atoms with van der Waals surface area (Å²) in [5.74, 6) is 0.771. The first kappa shape index (κ1) is 12.2. The number of imidazole rings is 1. The normalized spacial score (nSPS) is 13.0. The summed E-state index contributed by atoms with van der Waals surface area (Å²) < 4.78 is 7.37. The number of nitrogens with zero attached hydrogens (tertiary/aromatic N) is 2. The molecule has 0 aliphatic heterocycles. The van der Waals surface area contributed by atoms with Gasteiger partial charge in [0.2, 0.25) is 0 Å². The van der Waals surface area contributed by atoms with E-state index in [2.05, 4.69) is 4.98 Å². The maximum atomic E-state index is 9.18. The molecule has 0 saturated heterocycles. The van der Waals surface area contributed by atoms with E-state index in [1.807, 2.05) is 17.7 Å². The summed E-state index contributed by atoms with van der Waals surface area (Å²) in [6.45, 7) is 3.88. The average Bonchev–Trinajstić information content (AvgIpc) is 2.71. The number of rotatable bonds is 7. The molecule has 86 valence electrons. The molecule has 15 heavy (non-hydrogen) atoms. The van der Waals surface area contributed by atoms with Crippen molar-refractivity contribution >= 4 is 0 Å². The summed E-state index contributed by atoms with van der Waals surface area (Å²) in [6.07, 6.45) is 4.16. The van der Waals surface area contributed by atoms with E-state index in [0.717, 1.165) is 18.8 Å². The van der Waals surface area contributed by atoms with E-state index in [1.165, 1.54) is 0 Å². The van der Waals surface area contributed by atoms with Gasteiger partial charge in [-0.3, -0.25) is 0 Å². The number of aromatic nitrogens is 2. The van der Waals surface area contributed by atoms with Gasteiger partial charge in [-0.25, -0.2) is 4.98 Å². The van der Waals surface area contributed by atoms with Crippen molar-refractivity contribution in [2.45, 2.75) is 26.0 Å². The van der Waals surface area contributed by atoms with Gasteiger partial charge in [-0.05, 0) is 19.9 Å². The fraction of sp³-hybridized carbons (Fsp3) is 0.700. The van der Waals surface area contributed by atoms with Crippen LogP contribution in [0, 0.1) is 0 Å². The van der Waals surface area contributed by atoms with Gasteiger partial charge in [0.1, 0.15) is 11.9 Å². The molecule has 1 rings (SSSR count). The first-order valence-electron chi connectivity index (χ1n) is 5.27. The number of ether oxygens (including phenoxy) is 1. The number of aliphatic hydroxyl groups is 1. The van der Waals surface area contributed by atoms with Crippen LogP contribution in [0.4, 0.5) is 0 Å². The van der Waals surface area contributed by atoms with Crippen molar-refractivity contribution in [2.24, 2.45) is 5.73 Å². The molecule has 0 bridgehead atoms. The fourth-order valence-electron chi connectivity index (χ4n) is 1.47. The van der Waals surface area contributed by atoms with Crippen molar-refractivity contribution < 1.29 is 9.84 Å². The third kappa shape index (κ3) is 3.30. The van der Waals surface area contributed by atoms with Gasteiger partial charge in [0.25, 0.3) is 0 Å². The van der Waals surface area contributed by atoms with Crippen LogP contribution in [0.25, 0.3) is 0 Å². The zero-order valence-corrected chi connectivity index (χ0v) is 9.09. The highest BCUT2D eigenvalue weighted by atomic mass is 16.5. The van der Waals surface area contributed by atoms with Crippen molar-refractivity contribution in [2.75, 3.05) is 19.8 Å². The Morgan fingerprint density at radius 1 is 1.67 bits per heavy atom. The lowest BCUT2D eigenvalue weighted by Gasteiger charge is -2.15. The Morgan fingerprint density at radius 3 is 3.07 bits per heavy atom. The molecule has 1 aromatic rings. The van der Waals surface area contributed by atoms with Crippen molar-refractivity contribution in [1.29, 1.82) is 0 Å². The second-order valence-corrected chi connectivity index (χ2v) is 3.25. The zero-order chi connectivity index (χ0) is 11.1. The van der Waals surface area contributed by atoms with Gasteiger partial charge in [0, 0.05) is 25.5 Å². The number of aliphatic hydroxyl groups excluding tert-OH is 1. The highest BCUT2D eigenvalue weighted by molar-refractivity contribution is 4.97. The SMILES string of the molecule is CCOC(CO)c1nccn1CCCN. The van der Waals surface area contributed by atoms with Crippen LogP contribution < -0.4 is 5.73 Å². The van der Waals surface area contributed by atoms with Crippen molar-refractivity contribution in [3.05, 3.63) is 18.2 Å². The topological polar surface area (TPSA) is 73.3 Å². The molecule has 0 fully saturated rings. The smallest absolute Gasteiger partial charge is 0.140 e. The predicted molar refractivity (Wildman–Crippen MR) is 57.4 cm³/mol. The molecule has 0 spiro atoms. The Kier molecular flexibility index (Phi) is 5.31. The predicted octanol–water partition coefficient (Wildman–Crippen LogP) is 0.302. The highest BCUT2D eigenvalue weighted by Crippen LogP contribution is 2.14. The van der Waals surface area contributed by atoms with Crippen LogP contribution in [0.1, 0.15) is 25.3 Å². The Hall–Kier alpha value is -0.910. The molecule has 5 heteroatoms. The molecule has 0 aliphatic rings. The van der Waals surface area contributed by atoms with E-state index in [-0.39, 0.29) is 12.7 Å². The molecule has 1 atom stereocenters. The lowest BCUT2D eigenvalue weighted by molar-refractivity contribution is 0.0112. The number of aryl methyl sites for hydroxylation is 1. The van der Waals surface area contributed by atoms with Gasteiger partial charge >= 0.3 is 0 Å². The highest BCUT2D eigenvalue weighted by Gasteiger charge is 2.15. The summed E-state index contributed by atoms with van der Waals surface area (Å²) in [6, 6.07) is 0. The van der Waals surface area contributed by atoms with Crippen molar-refractivity contribution in [3.8, 4) is 0 Å². The molecule has 0 aromatic carbocycles. The summed E-state index contributed by atoms with van der Waals surface area (Å²) in [4.78, 5) is 4.20. The van der Waals surface area contributed by atoms with Crippen LogP contribution in [-0.4, -0.2) is 34.4 Å². The maximum Gasteiger partial charge on any atom is 0.140 e. The Labute approximate surface area is 89.9 Å². The average molecular weight is 213 g/mol. The third-order valence-corrected chi connectivity index (χ3v) is 2.17. The Balaban J connectivity index is 2.68. The quantitative estimate of drug-likeness (QED) is 0.683. The summed E-state index contributed by atoms with van der Waals surface area (Å²) in [7, 11) is 0. The van der Waals surface area contributed by atoms with Gasteiger partial charge in [-0.1, -0.05) is 0 Å².